The van der Waals surface area contributed by atoms with Crippen molar-refractivity contribution in [3.05, 3.63) is 72.1 Å². The predicted molar refractivity (Wildman–Crippen MR) is 163 cm³/mol. The Hall–Kier alpha value is -3.82. The molecule has 2 saturated heterocycles. The third-order valence-electron chi connectivity index (χ3n) is 8.34. The first-order valence-electron chi connectivity index (χ1n) is 14.8. The highest BCUT2D eigenvalue weighted by Crippen LogP contribution is 2.28. The van der Waals surface area contributed by atoms with Crippen molar-refractivity contribution >= 4 is 22.9 Å². The lowest BCUT2D eigenvalue weighted by Crippen LogP contribution is -2.47. The van der Waals surface area contributed by atoms with Crippen LogP contribution in [0.15, 0.2) is 60.9 Å². The number of imidazole rings is 1. The monoisotopic (exact) mass is 552 g/mol. The molecule has 0 aliphatic carbocycles. The van der Waals surface area contributed by atoms with E-state index in [1.807, 2.05) is 35.5 Å². The summed E-state index contributed by atoms with van der Waals surface area (Å²) >= 11 is 0. The number of carbonyl (C=O) groups excluding carboxylic acids is 1. The Morgan fingerprint density at radius 2 is 1.63 bits per heavy atom. The number of rotatable bonds is 7. The van der Waals surface area contributed by atoms with E-state index in [-0.39, 0.29) is 11.9 Å². The van der Waals surface area contributed by atoms with Gasteiger partial charge in [-0.3, -0.25) is 9.69 Å². The van der Waals surface area contributed by atoms with Crippen molar-refractivity contribution in [3.8, 4) is 11.4 Å². The van der Waals surface area contributed by atoms with Gasteiger partial charge in [0.1, 0.15) is 5.52 Å². The second-order valence-corrected chi connectivity index (χ2v) is 11.7. The summed E-state index contributed by atoms with van der Waals surface area (Å²) in [6.07, 6.45) is 3.95. The maximum atomic E-state index is 13.1. The van der Waals surface area contributed by atoms with Crippen molar-refractivity contribution in [1.82, 2.24) is 34.2 Å². The minimum Gasteiger partial charge on any atom is -0.365 e. The third-order valence-corrected chi connectivity index (χ3v) is 8.34. The molecule has 0 spiro atoms. The number of piperazine rings is 1. The van der Waals surface area contributed by atoms with Crippen LogP contribution in [-0.2, 0) is 6.54 Å². The summed E-state index contributed by atoms with van der Waals surface area (Å²) in [4.78, 5) is 34.4. The largest absolute Gasteiger partial charge is 0.365 e. The molecule has 9 heteroatoms. The second kappa shape index (κ2) is 12.0. The molecule has 0 unspecified atom stereocenters. The van der Waals surface area contributed by atoms with Gasteiger partial charge in [0, 0.05) is 69.0 Å². The quantitative estimate of drug-likeness (QED) is 0.361. The van der Waals surface area contributed by atoms with Gasteiger partial charge in [0.15, 0.2) is 17.3 Å². The molecule has 1 amide bonds. The molecular formula is C32H40N8O. The van der Waals surface area contributed by atoms with Crippen molar-refractivity contribution in [2.24, 2.45) is 0 Å². The second-order valence-electron chi connectivity index (χ2n) is 11.7. The Morgan fingerprint density at radius 1 is 0.927 bits per heavy atom. The van der Waals surface area contributed by atoms with Crippen LogP contribution in [0.3, 0.4) is 0 Å². The predicted octanol–water partition coefficient (Wildman–Crippen LogP) is 4.54. The molecule has 2 aliphatic rings. The van der Waals surface area contributed by atoms with Crippen LogP contribution in [0.4, 0.5) is 5.82 Å². The Kier molecular flexibility index (Phi) is 7.98. The van der Waals surface area contributed by atoms with Crippen LogP contribution in [-0.4, -0.2) is 92.5 Å². The highest BCUT2D eigenvalue weighted by atomic mass is 16.2. The highest BCUT2D eigenvalue weighted by molar-refractivity contribution is 5.95. The van der Waals surface area contributed by atoms with E-state index >= 15 is 0 Å². The van der Waals surface area contributed by atoms with Crippen LogP contribution in [0, 0.1) is 0 Å². The molecule has 4 aromatic rings. The number of likely N-dealkylation sites (tertiary alicyclic amines) is 1. The lowest BCUT2D eigenvalue weighted by Gasteiger charge is -2.32. The Labute approximate surface area is 242 Å². The highest BCUT2D eigenvalue weighted by Gasteiger charge is 2.24. The zero-order valence-corrected chi connectivity index (χ0v) is 24.3. The number of piperidine rings is 1. The van der Waals surface area contributed by atoms with Crippen LogP contribution in [0.25, 0.3) is 22.6 Å². The molecule has 0 saturated carbocycles. The summed E-state index contributed by atoms with van der Waals surface area (Å²) in [5.74, 6) is 1.51. The zero-order valence-electron chi connectivity index (χ0n) is 24.3. The number of likely N-dealkylation sites (N-methyl/N-ethyl adjacent to an activating group) is 1. The summed E-state index contributed by atoms with van der Waals surface area (Å²) in [6, 6.07) is 19.0. The number of aromatic nitrogens is 4. The van der Waals surface area contributed by atoms with Gasteiger partial charge >= 0.3 is 0 Å². The summed E-state index contributed by atoms with van der Waals surface area (Å²) in [7, 11) is 2.09. The van der Waals surface area contributed by atoms with Gasteiger partial charge in [-0.15, -0.1) is 0 Å². The van der Waals surface area contributed by atoms with E-state index in [1.54, 1.807) is 0 Å². The molecule has 4 heterocycles. The smallest absolute Gasteiger partial charge is 0.253 e. The lowest BCUT2D eigenvalue weighted by atomic mass is 10.0. The molecule has 0 bridgehead atoms. The maximum absolute atomic E-state index is 13.1. The number of amides is 1. The van der Waals surface area contributed by atoms with Gasteiger partial charge < -0.3 is 19.7 Å². The number of hydrogen-bond donors (Lipinski definition) is 1. The van der Waals surface area contributed by atoms with Crippen molar-refractivity contribution in [2.75, 3.05) is 51.6 Å². The summed E-state index contributed by atoms with van der Waals surface area (Å²) in [5, 5.41) is 3.73. The Morgan fingerprint density at radius 3 is 2.32 bits per heavy atom. The van der Waals surface area contributed by atoms with Crippen LogP contribution in [0.2, 0.25) is 0 Å². The van der Waals surface area contributed by atoms with Gasteiger partial charge in [0.2, 0.25) is 0 Å². The van der Waals surface area contributed by atoms with Crippen molar-refractivity contribution in [2.45, 2.75) is 45.3 Å². The molecule has 0 atom stereocenters. The molecule has 2 aromatic heterocycles. The molecule has 2 aromatic carbocycles. The van der Waals surface area contributed by atoms with E-state index < -0.39 is 0 Å². The molecule has 0 radical (unpaired) electrons. The Balaban J connectivity index is 1.21. The number of nitrogens with zero attached hydrogens (tertiary/aromatic N) is 7. The van der Waals surface area contributed by atoms with Crippen molar-refractivity contribution in [3.63, 3.8) is 0 Å². The van der Waals surface area contributed by atoms with Crippen LogP contribution in [0.1, 0.15) is 48.7 Å². The van der Waals surface area contributed by atoms with Gasteiger partial charge in [-0.25, -0.2) is 15.0 Å². The maximum Gasteiger partial charge on any atom is 0.253 e. The molecule has 1 N–H and O–H groups in total. The number of nitrogens with one attached hydrogen (secondary N) is 1. The van der Waals surface area contributed by atoms with Crippen LogP contribution < -0.4 is 5.32 Å². The normalized spacial score (nSPS) is 17.4. The first-order valence-corrected chi connectivity index (χ1v) is 14.8. The number of benzene rings is 2. The van der Waals surface area contributed by atoms with Crippen LogP contribution in [0.5, 0.6) is 0 Å². The fourth-order valence-corrected chi connectivity index (χ4v) is 5.75. The van der Waals surface area contributed by atoms with E-state index in [4.69, 9.17) is 15.0 Å². The first kappa shape index (κ1) is 27.4. The molecule has 9 nitrogen and oxygen atoms in total. The molecule has 214 valence electrons. The number of fused-ring (bicyclic) bond motifs is 1. The van der Waals surface area contributed by atoms with Crippen molar-refractivity contribution < 1.29 is 4.79 Å². The summed E-state index contributed by atoms with van der Waals surface area (Å²) in [5.41, 5.74) is 4.57. The van der Waals surface area contributed by atoms with Gasteiger partial charge in [0.25, 0.3) is 5.91 Å². The van der Waals surface area contributed by atoms with Gasteiger partial charge in [-0.2, -0.15) is 0 Å². The average molecular weight is 553 g/mol. The minimum absolute atomic E-state index is 0.0832. The van der Waals surface area contributed by atoms with Crippen molar-refractivity contribution in [1.29, 1.82) is 0 Å². The van der Waals surface area contributed by atoms with Gasteiger partial charge in [-0.05, 0) is 51.4 Å². The van der Waals surface area contributed by atoms with E-state index in [0.717, 1.165) is 81.2 Å². The fraction of sp³-hybridized carbons (Fsp3) is 0.438. The summed E-state index contributed by atoms with van der Waals surface area (Å²) in [6.45, 7) is 10.7. The molecule has 2 fully saturated rings. The summed E-state index contributed by atoms with van der Waals surface area (Å²) < 4.78 is 2.10. The molecule has 6 rings (SSSR count). The first-order chi connectivity index (χ1) is 19.9. The molecular weight excluding hydrogens is 512 g/mol. The third kappa shape index (κ3) is 6.11. The van der Waals surface area contributed by atoms with Crippen LogP contribution >= 0.6 is 0 Å². The number of carbonyl (C=O) groups is 1. The average Bonchev–Trinajstić information content (AvgIpc) is 3.44. The van der Waals surface area contributed by atoms with E-state index in [9.17, 15) is 4.79 Å². The lowest BCUT2D eigenvalue weighted by molar-refractivity contribution is 0.0664. The van der Waals surface area contributed by atoms with Gasteiger partial charge in [0.05, 0.1) is 6.33 Å². The number of hydrogen-bond acceptors (Lipinski definition) is 7. The molecule has 2 aliphatic heterocycles. The molecule has 41 heavy (non-hydrogen) atoms. The standard InChI is InChI=1S/C32H40N8O/c1-23(2)40-22-33-28-30(34-27-13-15-38(16-14-27)21-24-7-5-4-6-8-24)35-29(36-31(28)40)25-9-11-26(12-10-25)32(41)39-19-17-37(3)18-20-39/h4-12,22-23,27H,13-21H2,1-3H3,(H,34,35,36). The zero-order chi connectivity index (χ0) is 28.3. The minimum atomic E-state index is 0.0832. The topological polar surface area (TPSA) is 82.4 Å². The SMILES string of the molecule is CC(C)n1cnc2c(NC3CCN(Cc4ccccc4)CC3)nc(-c3ccc(C(=O)N4CCN(C)CC4)cc3)nc21. The van der Waals surface area contributed by atoms with E-state index in [0.29, 0.717) is 17.4 Å². The van der Waals surface area contributed by atoms with E-state index in [1.165, 1.54) is 5.56 Å². The number of anilines is 1. The van der Waals surface area contributed by atoms with Gasteiger partial charge in [-0.1, -0.05) is 42.5 Å². The Bertz CT molecular complexity index is 1470. The van der Waals surface area contributed by atoms with E-state index in [2.05, 4.69) is 70.9 Å². The fourth-order valence-electron chi connectivity index (χ4n) is 5.75.